The molecule has 8 nitrogen and oxygen atoms in total. The van der Waals surface area contributed by atoms with Crippen LogP contribution in [0.4, 0.5) is 5.69 Å². The van der Waals surface area contributed by atoms with Gasteiger partial charge in [0.1, 0.15) is 6.54 Å². The molecule has 136 valence electrons. The van der Waals surface area contributed by atoms with Crippen LogP contribution in [0.1, 0.15) is 31.2 Å². The van der Waals surface area contributed by atoms with Gasteiger partial charge in [0.15, 0.2) is 0 Å². The van der Waals surface area contributed by atoms with Crippen molar-refractivity contribution in [3.63, 3.8) is 0 Å². The highest BCUT2D eigenvalue weighted by atomic mass is 16.4. The largest absolute Gasteiger partial charge is 0.420 e. The SMILES string of the molecule is CC(C)c1nnc(-c2ccc(=O)n(CC(=O)Nc3ccc(C#N)cc3)c2)o1. The topological polar surface area (TPSA) is 114 Å². The molecule has 0 saturated heterocycles. The van der Waals surface area contributed by atoms with Crippen LogP contribution in [0.15, 0.2) is 51.8 Å². The Bertz CT molecular complexity index is 1060. The number of hydrogen-bond acceptors (Lipinski definition) is 6. The minimum atomic E-state index is -0.368. The van der Waals surface area contributed by atoms with Gasteiger partial charge in [0, 0.05) is 23.9 Å². The smallest absolute Gasteiger partial charge is 0.251 e. The maximum atomic E-state index is 12.2. The molecule has 0 atom stereocenters. The summed E-state index contributed by atoms with van der Waals surface area (Å²) in [6.07, 6.45) is 1.51. The lowest BCUT2D eigenvalue weighted by molar-refractivity contribution is -0.116. The molecule has 8 heteroatoms. The highest BCUT2D eigenvalue weighted by molar-refractivity contribution is 5.90. The van der Waals surface area contributed by atoms with Crippen LogP contribution in [0, 0.1) is 11.3 Å². The fourth-order valence-electron chi connectivity index (χ4n) is 2.35. The fraction of sp³-hybridized carbons (Fsp3) is 0.211. The highest BCUT2D eigenvalue weighted by Crippen LogP contribution is 2.20. The second kappa shape index (κ2) is 7.66. The third kappa shape index (κ3) is 4.27. The minimum absolute atomic E-state index is 0.0929. The van der Waals surface area contributed by atoms with E-state index in [0.29, 0.717) is 28.6 Å². The van der Waals surface area contributed by atoms with Gasteiger partial charge in [-0.2, -0.15) is 5.26 Å². The molecular formula is C19H17N5O3. The Kier molecular flexibility index (Phi) is 5.13. The number of nitriles is 1. The van der Waals surface area contributed by atoms with Crippen molar-refractivity contribution in [2.24, 2.45) is 0 Å². The van der Waals surface area contributed by atoms with E-state index in [2.05, 4.69) is 15.5 Å². The van der Waals surface area contributed by atoms with Crippen molar-refractivity contribution in [2.75, 3.05) is 5.32 Å². The Morgan fingerprint density at radius 1 is 1.22 bits per heavy atom. The van der Waals surface area contributed by atoms with E-state index in [9.17, 15) is 9.59 Å². The van der Waals surface area contributed by atoms with Crippen molar-refractivity contribution in [3.8, 4) is 17.5 Å². The van der Waals surface area contributed by atoms with Crippen molar-refractivity contribution in [1.82, 2.24) is 14.8 Å². The summed E-state index contributed by atoms with van der Waals surface area (Å²) in [7, 11) is 0. The van der Waals surface area contributed by atoms with Crippen molar-refractivity contribution in [3.05, 3.63) is 64.4 Å². The Morgan fingerprint density at radius 2 is 1.96 bits per heavy atom. The molecule has 0 bridgehead atoms. The first-order valence-electron chi connectivity index (χ1n) is 8.30. The van der Waals surface area contributed by atoms with Gasteiger partial charge in [0.05, 0.1) is 17.2 Å². The van der Waals surface area contributed by atoms with Gasteiger partial charge in [-0.25, -0.2) is 0 Å². The Hall–Kier alpha value is -3.73. The molecule has 0 radical (unpaired) electrons. The molecule has 2 heterocycles. The summed E-state index contributed by atoms with van der Waals surface area (Å²) in [5.41, 5.74) is 1.27. The summed E-state index contributed by atoms with van der Waals surface area (Å²) in [6.45, 7) is 3.70. The molecule has 3 aromatic rings. The average molecular weight is 363 g/mol. The first-order chi connectivity index (χ1) is 13.0. The van der Waals surface area contributed by atoms with E-state index in [1.165, 1.54) is 16.8 Å². The van der Waals surface area contributed by atoms with Crippen molar-refractivity contribution in [1.29, 1.82) is 5.26 Å². The minimum Gasteiger partial charge on any atom is -0.420 e. The molecule has 27 heavy (non-hydrogen) atoms. The van der Waals surface area contributed by atoms with Crippen molar-refractivity contribution >= 4 is 11.6 Å². The first-order valence-corrected chi connectivity index (χ1v) is 8.30. The molecule has 0 aliphatic carbocycles. The predicted octanol–water partition coefficient (Wildman–Crippen LogP) is 2.53. The quantitative estimate of drug-likeness (QED) is 0.745. The third-order valence-electron chi connectivity index (χ3n) is 3.78. The van der Waals surface area contributed by atoms with Gasteiger partial charge in [0.2, 0.25) is 17.7 Å². The number of rotatable bonds is 5. The monoisotopic (exact) mass is 363 g/mol. The second-order valence-electron chi connectivity index (χ2n) is 6.22. The number of aromatic nitrogens is 3. The lowest BCUT2D eigenvalue weighted by Gasteiger charge is -2.08. The number of nitrogens with one attached hydrogen (secondary N) is 1. The van der Waals surface area contributed by atoms with Crippen molar-refractivity contribution < 1.29 is 9.21 Å². The van der Waals surface area contributed by atoms with Crippen LogP contribution in [0.2, 0.25) is 0 Å². The van der Waals surface area contributed by atoms with Crippen LogP contribution < -0.4 is 10.9 Å². The lowest BCUT2D eigenvalue weighted by Crippen LogP contribution is -2.26. The Balaban J connectivity index is 1.76. The summed E-state index contributed by atoms with van der Waals surface area (Å²) in [6, 6.07) is 11.4. The molecule has 1 N–H and O–H groups in total. The van der Waals surface area contributed by atoms with Crippen molar-refractivity contribution in [2.45, 2.75) is 26.3 Å². The molecule has 0 spiro atoms. The lowest BCUT2D eigenvalue weighted by atomic mass is 10.2. The zero-order valence-electron chi connectivity index (χ0n) is 14.8. The number of hydrogen-bond donors (Lipinski definition) is 1. The van der Waals surface area contributed by atoms with Crippen LogP contribution in [-0.2, 0) is 11.3 Å². The standard InChI is InChI=1S/C19H17N5O3/c1-12(2)18-22-23-19(27-18)14-5-8-17(26)24(10-14)11-16(25)21-15-6-3-13(9-20)4-7-15/h3-8,10,12H,11H2,1-2H3,(H,21,25). The predicted molar refractivity (Wildman–Crippen MR) is 97.9 cm³/mol. The summed E-state index contributed by atoms with van der Waals surface area (Å²) >= 11 is 0. The van der Waals surface area contributed by atoms with E-state index >= 15 is 0 Å². The number of carbonyl (C=O) groups is 1. The Labute approximate surface area is 155 Å². The zero-order valence-corrected chi connectivity index (χ0v) is 14.8. The van der Waals surface area contributed by atoms with E-state index in [-0.39, 0.29) is 23.9 Å². The number of amides is 1. The molecule has 2 aromatic heterocycles. The highest BCUT2D eigenvalue weighted by Gasteiger charge is 2.13. The van der Waals surface area contributed by atoms with Crippen LogP contribution in [0.3, 0.4) is 0 Å². The van der Waals surface area contributed by atoms with Gasteiger partial charge < -0.3 is 14.3 Å². The molecule has 1 aromatic carbocycles. The normalized spacial score (nSPS) is 10.6. The molecule has 1 amide bonds. The maximum absolute atomic E-state index is 12.2. The van der Waals surface area contributed by atoms with E-state index in [0.717, 1.165) is 0 Å². The number of carbonyl (C=O) groups excluding carboxylic acids is 1. The van der Waals surface area contributed by atoms with E-state index < -0.39 is 0 Å². The van der Waals surface area contributed by atoms with Gasteiger partial charge in [0.25, 0.3) is 5.56 Å². The third-order valence-corrected chi connectivity index (χ3v) is 3.78. The second-order valence-corrected chi connectivity index (χ2v) is 6.22. The van der Waals surface area contributed by atoms with Gasteiger partial charge in [-0.1, -0.05) is 13.8 Å². The van der Waals surface area contributed by atoms with E-state index in [1.54, 1.807) is 30.3 Å². The summed E-state index contributed by atoms with van der Waals surface area (Å²) in [5, 5.41) is 19.4. The number of anilines is 1. The zero-order chi connectivity index (χ0) is 19.4. The molecule has 0 unspecified atom stereocenters. The number of pyridine rings is 1. The van der Waals surface area contributed by atoms with Crippen LogP contribution in [-0.4, -0.2) is 20.7 Å². The summed E-state index contributed by atoms with van der Waals surface area (Å²) in [4.78, 5) is 24.3. The van der Waals surface area contributed by atoms with Crippen LogP contribution >= 0.6 is 0 Å². The molecule has 3 rings (SSSR count). The first kappa shape index (κ1) is 18.1. The Morgan fingerprint density at radius 3 is 2.59 bits per heavy atom. The molecule has 0 aliphatic heterocycles. The van der Waals surface area contributed by atoms with E-state index in [1.807, 2.05) is 19.9 Å². The summed E-state index contributed by atoms with van der Waals surface area (Å²) < 4.78 is 6.86. The van der Waals surface area contributed by atoms with Gasteiger partial charge in [-0.05, 0) is 30.3 Å². The molecular weight excluding hydrogens is 346 g/mol. The maximum Gasteiger partial charge on any atom is 0.251 e. The van der Waals surface area contributed by atoms with Gasteiger partial charge in [-0.3, -0.25) is 9.59 Å². The van der Waals surface area contributed by atoms with Crippen LogP contribution in [0.5, 0.6) is 0 Å². The van der Waals surface area contributed by atoms with Crippen LogP contribution in [0.25, 0.3) is 11.5 Å². The molecule has 0 aliphatic rings. The fourth-order valence-corrected chi connectivity index (χ4v) is 2.35. The molecule has 0 saturated carbocycles. The number of nitrogens with zero attached hydrogens (tertiary/aromatic N) is 4. The average Bonchev–Trinajstić information content (AvgIpc) is 3.14. The summed E-state index contributed by atoms with van der Waals surface area (Å²) in [5.74, 6) is 0.518. The van der Waals surface area contributed by atoms with E-state index in [4.69, 9.17) is 9.68 Å². The van der Waals surface area contributed by atoms with Gasteiger partial charge >= 0.3 is 0 Å². The number of benzene rings is 1. The molecule has 0 fully saturated rings. The van der Waals surface area contributed by atoms with Gasteiger partial charge in [-0.15, -0.1) is 10.2 Å².